The third-order valence-electron chi connectivity index (χ3n) is 4.89. The number of rotatable bonds is 6. The van der Waals surface area contributed by atoms with E-state index >= 15 is 0 Å². The Kier molecular flexibility index (Phi) is 6.17. The highest BCUT2D eigenvalue weighted by Crippen LogP contribution is 2.28. The molecule has 1 heterocycles. The Balaban J connectivity index is 1.71. The minimum absolute atomic E-state index is 0.0153. The van der Waals surface area contributed by atoms with Gasteiger partial charge in [0.2, 0.25) is 0 Å². The predicted octanol–water partition coefficient (Wildman–Crippen LogP) is 4.45. The summed E-state index contributed by atoms with van der Waals surface area (Å²) in [6.45, 7) is 2.47. The van der Waals surface area contributed by atoms with Gasteiger partial charge in [0, 0.05) is 35.2 Å². The van der Waals surface area contributed by atoms with Crippen LogP contribution in [0.25, 0.3) is 0 Å². The maximum atomic E-state index is 12.8. The lowest BCUT2D eigenvalue weighted by molar-refractivity contribution is 0.0810. The second-order valence-electron chi connectivity index (χ2n) is 6.62. The molecule has 0 bridgehead atoms. The topological polar surface area (TPSA) is 38.8 Å². The lowest BCUT2D eigenvalue weighted by Gasteiger charge is -2.32. The Bertz CT molecular complexity index is 760. The monoisotopic (exact) mass is 373 g/mol. The first-order valence-electron chi connectivity index (χ1n) is 8.83. The Hall–Kier alpha value is -2.04. The highest BCUT2D eigenvalue weighted by atomic mass is 35.5. The van der Waals surface area contributed by atoms with Crippen LogP contribution in [0.3, 0.4) is 0 Å². The van der Waals surface area contributed by atoms with E-state index < -0.39 is 0 Å². The van der Waals surface area contributed by atoms with Crippen LogP contribution in [0.1, 0.15) is 28.8 Å². The fourth-order valence-corrected chi connectivity index (χ4v) is 3.64. The van der Waals surface area contributed by atoms with Gasteiger partial charge in [-0.1, -0.05) is 11.6 Å². The van der Waals surface area contributed by atoms with Crippen molar-refractivity contribution < 1.29 is 14.3 Å². The average Bonchev–Trinajstić information content (AvgIpc) is 2.68. The third kappa shape index (κ3) is 4.37. The first-order chi connectivity index (χ1) is 12.6. The lowest BCUT2D eigenvalue weighted by Crippen LogP contribution is -2.38. The minimum Gasteiger partial charge on any atom is -0.497 e. The molecule has 3 rings (SSSR count). The summed E-state index contributed by atoms with van der Waals surface area (Å²) in [6.07, 6.45) is 1.93. The number of carbonyl (C=O) groups is 1. The normalized spacial score (nSPS) is 17.7. The number of halogens is 1. The second kappa shape index (κ2) is 8.56. The Labute approximate surface area is 159 Å². The molecule has 26 heavy (non-hydrogen) atoms. The number of hydrogen-bond donors (Lipinski definition) is 0. The molecule has 0 N–H and O–H groups in total. The summed E-state index contributed by atoms with van der Waals surface area (Å²) >= 11 is 5.93. The van der Waals surface area contributed by atoms with Crippen molar-refractivity contribution in [2.75, 3.05) is 27.3 Å². The molecular weight excluding hydrogens is 350 g/mol. The molecule has 0 unspecified atom stereocenters. The molecule has 1 atom stereocenters. The maximum absolute atomic E-state index is 12.8. The SMILES string of the molecule is COc1ccc(OC)c(CN2CCC[C@@H](C(=O)c3ccc(Cl)cc3)C2)c1. The van der Waals surface area contributed by atoms with Crippen molar-refractivity contribution in [2.24, 2.45) is 5.92 Å². The van der Waals surface area contributed by atoms with E-state index in [1.807, 2.05) is 30.3 Å². The molecule has 0 radical (unpaired) electrons. The highest BCUT2D eigenvalue weighted by molar-refractivity contribution is 6.30. The summed E-state index contributed by atoms with van der Waals surface area (Å²) < 4.78 is 10.8. The summed E-state index contributed by atoms with van der Waals surface area (Å²) in [4.78, 5) is 15.1. The molecule has 0 aromatic heterocycles. The maximum Gasteiger partial charge on any atom is 0.167 e. The van der Waals surface area contributed by atoms with E-state index in [0.29, 0.717) is 5.02 Å². The van der Waals surface area contributed by atoms with E-state index in [0.717, 1.165) is 55.1 Å². The fourth-order valence-electron chi connectivity index (χ4n) is 3.51. The molecule has 1 aliphatic heterocycles. The Morgan fingerprint density at radius 1 is 1.15 bits per heavy atom. The molecule has 0 saturated carbocycles. The van der Waals surface area contributed by atoms with Crippen molar-refractivity contribution in [3.8, 4) is 11.5 Å². The van der Waals surface area contributed by atoms with Crippen molar-refractivity contribution in [1.29, 1.82) is 0 Å². The van der Waals surface area contributed by atoms with Crippen molar-refractivity contribution >= 4 is 17.4 Å². The molecule has 0 aliphatic carbocycles. The molecule has 5 heteroatoms. The predicted molar refractivity (Wildman–Crippen MR) is 103 cm³/mol. The Morgan fingerprint density at radius 2 is 1.92 bits per heavy atom. The van der Waals surface area contributed by atoms with E-state index in [4.69, 9.17) is 21.1 Å². The second-order valence-corrected chi connectivity index (χ2v) is 7.06. The van der Waals surface area contributed by atoms with E-state index in [9.17, 15) is 4.79 Å². The van der Waals surface area contributed by atoms with Crippen LogP contribution in [-0.4, -0.2) is 38.0 Å². The van der Waals surface area contributed by atoms with Gasteiger partial charge >= 0.3 is 0 Å². The molecular formula is C21H24ClNO3. The zero-order chi connectivity index (χ0) is 18.5. The number of methoxy groups -OCH3 is 2. The first kappa shape index (κ1) is 18.7. The van der Waals surface area contributed by atoms with Crippen molar-refractivity contribution in [2.45, 2.75) is 19.4 Å². The zero-order valence-electron chi connectivity index (χ0n) is 15.2. The average molecular weight is 374 g/mol. The number of nitrogens with zero attached hydrogens (tertiary/aromatic N) is 1. The van der Waals surface area contributed by atoms with Gasteiger partial charge in [-0.15, -0.1) is 0 Å². The standard InChI is InChI=1S/C21H24ClNO3/c1-25-19-9-10-20(26-2)17(12-19)14-23-11-3-4-16(13-23)21(24)15-5-7-18(22)8-6-15/h5-10,12,16H,3-4,11,13-14H2,1-2H3/t16-/m1/s1. The molecule has 1 fully saturated rings. The van der Waals surface area contributed by atoms with Gasteiger partial charge in [0.05, 0.1) is 14.2 Å². The smallest absolute Gasteiger partial charge is 0.167 e. The van der Waals surface area contributed by atoms with Crippen LogP contribution in [-0.2, 0) is 6.54 Å². The molecule has 2 aromatic rings. The van der Waals surface area contributed by atoms with Crippen molar-refractivity contribution in [3.05, 3.63) is 58.6 Å². The number of ketones is 1. The minimum atomic E-state index is 0.0153. The van der Waals surface area contributed by atoms with Gasteiger partial charge in [-0.05, 0) is 61.9 Å². The lowest BCUT2D eigenvalue weighted by atomic mass is 9.90. The van der Waals surface area contributed by atoms with Crippen LogP contribution < -0.4 is 9.47 Å². The van der Waals surface area contributed by atoms with Gasteiger partial charge in [0.1, 0.15) is 11.5 Å². The van der Waals surface area contributed by atoms with Gasteiger partial charge in [0.15, 0.2) is 5.78 Å². The van der Waals surface area contributed by atoms with Gasteiger partial charge in [0.25, 0.3) is 0 Å². The van der Waals surface area contributed by atoms with Crippen LogP contribution in [0.5, 0.6) is 11.5 Å². The number of likely N-dealkylation sites (tertiary alicyclic amines) is 1. The molecule has 1 saturated heterocycles. The van der Waals surface area contributed by atoms with Crippen molar-refractivity contribution in [1.82, 2.24) is 4.90 Å². The molecule has 1 aliphatic rings. The van der Waals surface area contributed by atoms with Gasteiger partial charge in [-0.3, -0.25) is 9.69 Å². The van der Waals surface area contributed by atoms with E-state index in [1.54, 1.807) is 26.4 Å². The number of ether oxygens (including phenoxy) is 2. The molecule has 0 amide bonds. The number of hydrogen-bond acceptors (Lipinski definition) is 4. The van der Waals surface area contributed by atoms with E-state index in [1.165, 1.54) is 0 Å². The number of benzene rings is 2. The summed E-state index contributed by atoms with van der Waals surface area (Å²) in [5.41, 5.74) is 1.81. The van der Waals surface area contributed by atoms with Crippen LogP contribution >= 0.6 is 11.6 Å². The Morgan fingerprint density at radius 3 is 2.62 bits per heavy atom. The van der Waals surface area contributed by atoms with Crippen LogP contribution in [0.2, 0.25) is 5.02 Å². The van der Waals surface area contributed by atoms with Crippen LogP contribution in [0.4, 0.5) is 0 Å². The highest BCUT2D eigenvalue weighted by Gasteiger charge is 2.27. The van der Waals surface area contributed by atoms with Crippen molar-refractivity contribution in [3.63, 3.8) is 0 Å². The molecule has 4 nitrogen and oxygen atoms in total. The van der Waals surface area contributed by atoms with Gasteiger partial charge in [-0.25, -0.2) is 0 Å². The van der Waals surface area contributed by atoms with Crippen LogP contribution in [0, 0.1) is 5.92 Å². The summed E-state index contributed by atoms with van der Waals surface area (Å²) in [5, 5.41) is 0.650. The number of piperidine rings is 1. The first-order valence-corrected chi connectivity index (χ1v) is 9.21. The summed E-state index contributed by atoms with van der Waals surface area (Å²) in [7, 11) is 3.33. The molecule has 138 valence electrons. The van der Waals surface area contributed by atoms with E-state index in [-0.39, 0.29) is 11.7 Å². The summed E-state index contributed by atoms with van der Waals surface area (Å²) in [6, 6.07) is 13.0. The third-order valence-corrected chi connectivity index (χ3v) is 5.14. The number of carbonyl (C=O) groups excluding carboxylic acids is 1. The fraction of sp³-hybridized carbons (Fsp3) is 0.381. The largest absolute Gasteiger partial charge is 0.497 e. The quantitative estimate of drug-likeness (QED) is 0.701. The van der Waals surface area contributed by atoms with E-state index in [2.05, 4.69) is 4.90 Å². The molecule has 2 aromatic carbocycles. The van der Waals surface area contributed by atoms with Gasteiger partial charge < -0.3 is 9.47 Å². The molecule has 0 spiro atoms. The van der Waals surface area contributed by atoms with Crippen LogP contribution in [0.15, 0.2) is 42.5 Å². The van der Waals surface area contributed by atoms with Gasteiger partial charge in [-0.2, -0.15) is 0 Å². The summed E-state index contributed by atoms with van der Waals surface area (Å²) in [5.74, 6) is 1.87. The zero-order valence-corrected chi connectivity index (χ0v) is 16.0. The number of Topliss-reactive ketones (excluding diaryl/α,β-unsaturated/α-hetero) is 1.